The number of nitrogens with zero attached hydrogens (tertiary/aromatic N) is 1. The first-order valence-corrected chi connectivity index (χ1v) is 6.46. The average molecular weight is 271 g/mol. The molecule has 1 aromatic carbocycles. The number of hydrogen-bond donors (Lipinski definition) is 1. The summed E-state index contributed by atoms with van der Waals surface area (Å²) in [7, 11) is 3.26. The number of methoxy groups -OCH3 is 2. The van der Waals surface area contributed by atoms with Crippen LogP contribution in [-0.4, -0.2) is 45.3 Å². The maximum atomic E-state index is 6.09. The first kappa shape index (κ1) is 13.5. The molecule has 1 fully saturated rings. The van der Waals surface area contributed by atoms with Gasteiger partial charge in [-0.05, 0) is 6.07 Å². The van der Waals surface area contributed by atoms with Gasteiger partial charge in [-0.15, -0.1) is 0 Å². The summed E-state index contributed by atoms with van der Waals surface area (Å²) < 4.78 is 10.7. The molecule has 1 saturated heterocycles. The Bertz CT molecular complexity index is 406. The van der Waals surface area contributed by atoms with E-state index in [-0.39, 0.29) is 0 Å². The summed E-state index contributed by atoms with van der Waals surface area (Å²) in [6.45, 7) is 5.03. The van der Waals surface area contributed by atoms with Crippen LogP contribution in [0.3, 0.4) is 0 Å². The standard InChI is InChI=1S/C13H19ClN2O2/c1-17-12-10(3-4-11(14)13(12)18-2)9-16-7-5-15-6-8-16/h3-4,15H,5-9H2,1-2H3. The maximum absolute atomic E-state index is 6.09. The molecule has 0 saturated carbocycles. The molecule has 0 aromatic heterocycles. The van der Waals surface area contributed by atoms with Crippen molar-refractivity contribution in [3.05, 3.63) is 22.7 Å². The fraction of sp³-hybridized carbons (Fsp3) is 0.538. The highest BCUT2D eigenvalue weighted by atomic mass is 35.5. The zero-order valence-electron chi connectivity index (χ0n) is 10.8. The van der Waals surface area contributed by atoms with Crippen LogP contribution in [0.5, 0.6) is 11.5 Å². The number of rotatable bonds is 4. The monoisotopic (exact) mass is 270 g/mol. The number of nitrogens with one attached hydrogen (secondary N) is 1. The van der Waals surface area contributed by atoms with E-state index in [0.717, 1.165) is 44.0 Å². The molecule has 0 aliphatic carbocycles. The largest absolute Gasteiger partial charge is 0.492 e. The normalized spacial score (nSPS) is 16.6. The lowest BCUT2D eigenvalue weighted by atomic mass is 10.1. The third kappa shape index (κ3) is 2.88. The first-order chi connectivity index (χ1) is 8.76. The Balaban J connectivity index is 2.21. The molecule has 0 radical (unpaired) electrons. The molecule has 1 N–H and O–H groups in total. The minimum absolute atomic E-state index is 0.582. The highest BCUT2D eigenvalue weighted by molar-refractivity contribution is 6.32. The highest BCUT2D eigenvalue weighted by Gasteiger charge is 2.17. The molecule has 2 rings (SSSR count). The maximum Gasteiger partial charge on any atom is 0.179 e. The van der Waals surface area contributed by atoms with E-state index in [1.165, 1.54) is 0 Å². The van der Waals surface area contributed by atoms with Crippen molar-refractivity contribution in [3.8, 4) is 11.5 Å². The lowest BCUT2D eigenvalue weighted by molar-refractivity contribution is 0.229. The van der Waals surface area contributed by atoms with Gasteiger partial charge in [0.1, 0.15) is 0 Å². The second-order valence-electron chi connectivity index (χ2n) is 4.30. The summed E-state index contributed by atoms with van der Waals surface area (Å²) in [5.74, 6) is 1.36. The quantitative estimate of drug-likeness (QED) is 0.904. The Morgan fingerprint density at radius 2 is 1.83 bits per heavy atom. The number of benzene rings is 1. The summed E-state index contributed by atoms with van der Waals surface area (Å²) in [4.78, 5) is 2.39. The van der Waals surface area contributed by atoms with Crippen molar-refractivity contribution in [1.29, 1.82) is 0 Å². The number of ether oxygens (including phenoxy) is 2. The van der Waals surface area contributed by atoms with Gasteiger partial charge in [0.15, 0.2) is 11.5 Å². The first-order valence-electron chi connectivity index (χ1n) is 6.08. The van der Waals surface area contributed by atoms with Gasteiger partial charge in [-0.3, -0.25) is 4.90 Å². The van der Waals surface area contributed by atoms with E-state index in [0.29, 0.717) is 10.8 Å². The summed E-state index contributed by atoms with van der Waals surface area (Å²) in [6.07, 6.45) is 0. The second-order valence-corrected chi connectivity index (χ2v) is 4.71. The molecule has 0 atom stereocenters. The van der Waals surface area contributed by atoms with Gasteiger partial charge < -0.3 is 14.8 Å². The average Bonchev–Trinajstić information content (AvgIpc) is 2.41. The third-order valence-electron chi connectivity index (χ3n) is 3.16. The highest BCUT2D eigenvalue weighted by Crippen LogP contribution is 2.38. The van der Waals surface area contributed by atoms with Crippen LogP contribution in [0, 0.1) is 0 Å². The van der Waals surface area contributed by atoms with Crippen molar-refractivity contribution in [3.63, 3.8) is 0 Å². The molecule has 1 aliphatic rings. The smallest absolute Gasteiger partial charge is 0.179 e. The van der Waals surface area contributed by atoms with Crippen molar-refractivity contribution >= 4 is 11.6 Å². The molecule has 4 nitrogen and oxygen atoms in total. The van der Waals surface area contributed by atoms with Crippen molar-refractivity contribution < 1.29 is 9.47 Å². The van der Waals surface area contributed by atoms with Gasteiger partial charge in [-0.25, -0.2) is 0 Å². The van der Waals surface area contributed by atoms with Crippen LogP contribution in [0.2, 0.25) is 5.02 Å². The van der Waals surface area contributed by atoms with Crippen LogP contribution in [0.25, 0.3) is 0 Å². The molecule has 0 amide bonds. The lowest BCUT2D eigenvalue weighted by Gasteiger charge is -2.28. The van der Waals surface area contributed by atoms with Gasteiger partial charge in [-0.2, -0.15) is 0 Å². The molecule has 100 valence electrons. The van der Waals surface area contributed by atoms with E-state index >= 15 is 0 Å². The topological polar surface area (TPSA) is 33.7 Å². The summed E-state index contributed by atoms with van der Waals surface area (Å²) in [5, 5.41) is 3.92. The molecule has 1 aliphatic heterocycles. The third-order valence-corrected chi connectivity index (χ3v) is 3.46. The summed E-state index contributed by atoms with van der Waals surface area (Å²) in [5.41, 5.74) is 1.11. The molecule has 5 heteroatoms. The molecule has 18 heavy (non-hydrogen) atoms. The minimum atomic E-state index is 0.582. The Hall–Kier alpha value is -0.970. The van der Waals surface area contributed by atoms with Gasteiger partial charge in [0.05, 0.1) is 19.2 Å². The number of halogens is 1. The van der Waals surface area contributed by atoms with Gasteiger partial charge in [0.2, 0.25) is 0 Å². The van der Waals surface area contributed by atoms with Crippen molar-refractivity contribution in [2.24, 2.45) is 0 Å². The molecule has 0 unspecified atom stereocenters. The predicted molar refractivity (Wildman–Crippen MR) is 72.7 cm³/mol. The van der Waals surface area contributed by atoms with E-state index in [9.17, 15) is 0 Å². The van der Waals surface area contributed by atoms with Crippen molar-refractivity contribution in [1.82, 2.24) is 10.2 Å². The molecule has 0 spiro atoms. The zero-order chi connectivity index (χ0) is 13.0. The van der Waals surface area contributed by atoms with Gasteiger partial charge in [-0.1, -0.05) is 17.7 Å². The number of hydrogen-bond acceptors (Lipinski definition) is 4. The van der Waals surface area contributed by atoms with Crippen LogP contribution in [0.1, 0.15) is 5.56 Å². The van der Waals surface area contributed by atoms with Gasteiger partial charge in [0.25, 0.3) is 0 Å². The summed E-state index contributed by atoms with van der Waals surface area (Å²) in [6, 6.07) is 3.87. The summed E-state index contributed by atoms with van der Waals surface area (Å²) >= 11 is 6.09. The van der Waals surface area contributed by atoms with Crippen LogP contribution in [0.15, 0.2) is 12.1 Å². The molecule has 0 bridgehead atoms. The fourth-order valence-electron chi connectivity index (χ4n) is 2.23. The Kier molecular flexibility index (Phi) is 4.69. The van der Waals surface area contributed by atoms with Crippen LogP contribution in [-0.2, 0) is 6.54 Å². The Morgan fingerprint density at radius 3 is 2.44 bits per heavy atom. The van der Waals surface area contributed by atoms with E-state index in [1.807, 2.05) is 12.1 Å². The Labute approximate surface area is 113 Å². The second kappa shape index (κ2) is 6.27. The zero-order valence-corrected chi connectivity index (χ0v) is 11.6. The fourth-order valence-corrected chi connectivity index (χ4v) is 2.45. The van der Waals surface area contributed by atoms with Crippen molar-refractivity contribution in [2.45, 2.75) is 6.54 Å². The van der Waals surface area contributed by atoms with Gasteiger partial charge in [0, 0.05) is 38.3 Å². The molecular formula is C13H19ClN2O2. The van der Waals surface area contributed by atoms with E-state index in [2.05, 4.69) is 10.2 Å². The van der Waals surface area contributed by atoms with Crippen LogP contribution in [0.4, 0.5) is 0 Å². The van der Waals surface area contributed by atoms with E-state index < -0.39 is 0 Å². The SMILES string of the molecule is COc1c(Cl)ccc(CN2CCNCC2)c1OC. The molecule has 1 aromatic rings. The number of piperazine rings is 1. The van der Waals surface area contributed by atoms with Crippen molar-refractivity contribution in [2.75, 3.05) is 40.4 Å². The van der Waals surface area contributed by atoms with Gasteiger partial charge >= 0.3 is 0 Å². The predicted octanol–water partition coefficient (Wildman–Crippen LogP) is 1.76. The van der Waals surface area contributed by atoms with Crippen LogP contribution >= 0.6 is 11.6 Å². The van der Waals surface area contributed by atoms with Crippen LogP contribution < -0.4 is 14.8 Å². The Morgan fingerprint density at radius 1 is 1.17 bits per heavy atom. The minimum Gasteiger partial charge on any atom is -0.492 e. The molecule has 1 heterocycles. The van der Waals surface area contributed by atoms with E-state index in [1.54, 1.807) is 14.2 Å². The van der Waals surface area contributed by atoms with E-state index in [4.69, 9.17) is 21.1 Å². The lowest BCUT2D eigenvalue weighted by Crippen LogP contribution is -2.42. The molecular weight excluding hydrogens is 252 g/mol.